The molecule has 0 saturated carbocycles. The van der Waals surface area contributed by atoms with Gasteiger partial charge in [0, 0.05) is 26.7 Å². The Hall–Kier alpha value is -1.71. The molecule has 0 rings (SSSR count). The van der Waals surface area contributed by atoms with E-state index in [0.29, 0.717) is 45.7 Å². The van der Waals surface area contributed by atoms with Crippen molar-refractivity contribution in [2.45, 2.75) is 112 Å². The molecule has 216 valence electrons. The molecule has 0 bridgehead atoms. The van der Waals surface area contributed by atoms with E-state index in [0.717, 1.165) is 19.3 Å². The van der Waals surface area contributed by atoms with E-state index < -0.39 is 36.2 Å². The molecule has 0 aliphatic rings. The average molecular weight is 551 g/mol. The Morgan fingerprint density at radius 2 is 0.811 bits per heavy atom. The van der Waals surface area contributed by atoms with E-state index in [9.17, 15) is 34.5 Å². The van der Waals surface area contributed by atoms with E-state index in [-0.39, 0.29) is 23.3 Å². The van der Waals surface area contributed by atoms with Gasteiger partial charge in [-0.1, -0.05) is 41.5 Å². The van der Waals surface area contributed by atoms with Gasteiger partial charge in [-0.25, -0.2) is 0 Å². The van der Waals surface area contributed by atoms with Gasteiger partial charge in [-0.05, 0) is 45.4 Å². The largest absolute Gasteiger partial charge is 3.00 e. The SMILES string of the molecule is CCCOC(CC)C(=O)[O-].CCCOC(CC)C(=O)[O-].CCCOC(CC)C(=O)[O-].CCOC(C)=O.[Al+3]. The molecule has 0 aromatic carbocycles. The van der Waals surface area contributed by atoms with Crippen molar-refractivity contribution in [2.75, 3.05) is 26.4 Å². The van der Waals surface area contributed by atoms with Crippen LogP contribution in [0.2, 0.25) is 0 Å². The summed E-state index contributed by atoms with van der Waals surface area (Å²) in [4.78, 5) is 40.4. The molecule has 11 nitrogen and oxygen atoms in total. The van der Waals surface area contributed by atoms with Crippen LogP contribution in [-0.2, 0) is 38.1 Å². The Morgan fingerprint density at radius 3 is 0.892 bits per heavy atom. The summed E-state index contributed by atoms with van der Waals surface area (Å²) in [5.74, 6) is -3.56. The molecule has 37 heavy (non-hydrogen) atoms. The number of carbonyl (C=O) groups is 4. The van der Waals surface area contributed by atoms with Crippen molar-refractivity contribution in [3.63, 3.8) is 0 Å². The van der Waals surface area contributed by atoms with Crippen LogP contribution in [0.1, 0.15) is 93.9 Å². The normalized spacial score (nSPS) is 11.8. The zero-order chi connectivity index (χ0) is 28.9. The summed E-state index contributed by atoms with van der Waals surface area (Å²) in [7, 11) is 0. The minimum absolute atomic E-state index is 0. The number of aliphatic carboxylic acids is 3. The van der Waals surface area contributed by atoms with Gasteiger partial charge in [0.2, 0.25) is 0 Å². The average Bonchev–Trinajstić information content (AvgIpc) is 2.81. The number of hydrogen-bond acceptors (Lipinski definition) is 11. The molecular formula is C25H47AlO11. The fourth-order valence-electron chi connectivity index (χ4n) is 2.04. The number of carboxylic acids is 3. The maximum atomic E-state index is 10.2. The van der Waals surface area contributed by atoms with Gasteiger partial charge in [-0.15, -0.1) is 0 Å². The minimum Gasteiger partial charge on any atom is -0.547 e. The van der Waals surface area contributed by atoms with Crippen molar-refractivity contribution in [2.24, 2.45) is 0 Å². The van der Waals surface area contributed by atoms with E-state index in [1.807, 2.05) is 20.8 Å². The minimum atomic E-state index is -1.11. The summed E-state index contributed by atoms with van der Waals surface area (Å²) in [5, 5.41) is 30.6. The molecule has 0 aliphatic carbocycles. The van der Waals surface area contributed by atoms with Crippen molar-refractivity contribution in [1.82, 2.24) is 0 Å². The number of esters is 1. The van der Waals surface area contributed by atoms with Gasteiger partial charge in [0.1, 0.15) is 0 Å². The first-order valence-corrected chi connectivity index (χ1v) is 12.5. The molecule has 0 saturated heterocycles. The molecule has 0 aromatic heterocycles. The van der Waals surface area contributed by atoms with Crippen LogP contribution in [0.15, 0.2) is 0 Å². The fraction of sp³-hybridized carbons (Fsp3) is 0.840. The molecular weight excluding hydrogens is 503 g/mol. The summed E-state index contributed by atoms with van der Waals surface area (Å²) in [6.07, 6.45) is 1.77. The Bertz CT molecular complexity index is 483. The first kappa shape index (κ1) is 45.2. The van der Waals surface area contributed by atoms with Crippen molar-refractivity contribution in [3.05, 3.63) is 0 Å². The van der Waals surface area contributed by atoms with Crippen molar-refractivity contribution < 1.29 is 53.4 Å². The van der Waals surface area contributed by atoms with Crippen LogP contribution in [-0.4, -0.2) is 86.0 Å². The maximum Gasteiger partial charge on any atom is 3.00 e. The van der Waals surface area contributed by atoms with Crippen LogP contribution < -0.4 is 15.3 Å². The molecule has 0 radical (unpaired) electrons. The molecule has 0 fully saturated rings. The quantitative estimate of drug-likeness (QED) is 0.187. The van der Waals surface area contributed by atoms with E-state index in [1.54, 1.807) is 27.7 Å². The Kier molecular flexibility index (Phi) is 41.9. The number of carbonyl (C=O) groups excluding carboxylic acids is 4. The van der Waals surface area contributed by atoms with Crippen LogP contribution in [0.3, 0.4) is 0 Å². The number of carboxylic acid groups (broad SMARTS) is 3. The van der Waals surface area contributed by atoms with Crippen molar-refractivity contribution >= 4 is 41.2 Å². The van der Waals surface area contributed by atoms with Crippen LogP contribution in [0, 0.1) is 0 Å². The summed E-state index contributed by atoms with van der Waals surface area (Å²) >= 11 is 0. The summed E-state index contributed by atoms with van der Waals surface area (Å²) in [6.45, 7) is 16.2. The van der Waals surface area contributed by atoms with E-state index >= 15 is 0 Å². The monoisotopic (exact) mass is 550 g/mol. The fourth-order valence-corrected chi connectivity index (χ4v) is 2.04. The van der Waals surface area contributed by atoms with Gasteiger partial charge in [0.25, 0.3) is 0 Å². The summed E-state index contributed by atoms with van der Waals surface area (Å²) in [6, 6.07) is 0. The molecule has 0 heterocycles. The smallest absolute Gasteiger partial charge is 0.547 e. The molecule has 0 spiro atoms. The van der Waals surface area contributed by atoms with Gasteiger partial charge >= 0.3 is 23.3 Å². The van der Waals surface area contributed by atoms with Gasteiger partial charge < -0.3 is 48.7 Å². The zero-order valence-electron chi connectivity index (χ0n) is 23.9. The number of hydrogen-bond donors (Lipinski definition) is 0. The third kappa shape index (κ3) is 36.5. The third-order valence-corrected chi connectivity index (χ3v) is 3.82. The second kappa shape index (κ2) is 34.3. The predicted octanol–water partition coefficient (Wildman–Crippen LogP) is 0.0131. The number of rotatable bonds is 16. The van der Waals surface area contributed by atoms with E-state index in [4.69, 9.17) is 14.2 Å². The predicted molar refractivity (Wildman–Crippen MR) is 134 cm³/mol. The Morgan fingerprint density at radius 1 is 0.568 bits per heavy atom. The van der Waals surface area contributed by atoms with E-state index in [2.05, 4.69) is 4.74 Å². The molecule has 0 aliphatic heterocycles. The van der Waals surface area contributed by atoms with Crippen molar-refractivity contribution in [3.8, 4) is 0 Å². The second-order valence-electron chi connectivity index (χ2n) is 7.18. The maximum absolute atomic E-state index is 10.2. The van der Waals surface area contributed by atoms with Crippen LogP contribution in [0.4, 0.5) is 0 Å². The Balaban J connectivity index is -0.000000124. The molecule has 0 aromatic rings. The van der Waals surface area contributed by atoms with Gasteiger partial charge in [-0.2, -0.15) is 0 Å². The van der Waals surface area contributed by atoms with Crippen LogP contribution >= 0.6 is 0 Å². The molecule has 0 amide bonds. The Labute approximate surface area is 233 Å². The topological polar surface area (TPSA) is 174 Å². The summed E-state index contributed by atoms with van der Waals surface area (Å²) in [5.41, 5.74) is 0. The van der Waals surface area contributed by atoms with Crippen LogP contribution in [0.25, 0.3) is 0 Å². The first-order chi connectivity index (χ1) is 16.9. The van der Waals surface area contributed by atoms with E-state index in [1.165, 1.54) is 6.92 Å². The van der Waals surface area contributed by atoms with Gasteiger partial charge in [0.15, 0.2) is 0 Å². The van der Waals surface area contributed by atoms with Crippen LogP contribution in [0.5, 0.6) is 0 Å². The third-order valence-electron chi connectivity index (χ3n) is 3.82. The molecule has 12 heteroatoms. The number of ether oxygens (including phenoxy) is 4. The van der Waals surface area contributed by atoms with Crippen molar-refractivity contribution in [1.29, 1.82) is 0 Å². The molecule has 3 atom stereocenters. The zero-order valence-corrected chi connectivity index (χ0v) is 25.0. The summed E-state index contributed by atoms with van der Waals surface area (Å²) < 4.78 is 19.2. The molecule has 0 N–H and O–H groups in total. The standard InChI is InChI=1S/3C7H14O3.C4H8O2.Al/c3*1-3-5-10-6(4-2)7(8)9;1-3-6-4(2)5;/h3*6H,3-5H2,1-2H3,(H,8,9);3H2,1-2H3;/q;;;;+3/p-3. The molecule has 3 unspecified atom stereocenters. The van der Waals surface area contributed by atoms with Gasteiger partial charge in [0.05, 0.1) is 42.8 Å². The van der Waals surface area contributed by atoms with Gasteiger partial charge in [-0.3, -0.25) is 4.79 Å². The second-order valence-corrected chi connectivity index (χ2v) is 7.18. The first-order valence-electron chi connectivity index (χ1n) is 12.5.